The van der Waals surface area contributed by atoms with Gasteiger partial charge >= 0.3 is 0 Å². The maximum absolute atomic E-state index is 13.3. The van der Waals surface area contributed by atoms with Crippen LogP contribution in [0, 0.1) is 13.8 Å². The second-order valence-electron chi connectivity index (χ2n) is 9.59. The monoisotopic (exact) mass is 456 g/mol. The summed E-state index contributed by atoms with van der Waals surface area (Å²) < 4.78 is 4.14. The largest absolute Gasteiger partial charge is 0.334 e. The fraction of sp³-hybridized carbons (Fsp3) is 0.407. The molecular weight excluding hydrogens is 424 g/mol. The van der Waals surface area contributed by atoms with E-state index in [1.165, 1.54) is 11.1 Å². The van der Waals surface area contributed by atoms with E-state index in [4.69, 9.17) is 4.98 Å². The molecule has 0 unspecified atom stereocenters. The Kier molecular flexibility index (Phi) is 5.94. The summed E-state index contributed by atoms with van der Waals surface area (Å²) in [5.74, 6) is 2.32. The number of rotatable bonds is 6. The molecule has 1 fully saturated rings. The topological polar surface area (TPSA) is 68.8 Å². The number of fused-ring (bicyclic) bond motifs is 1. The molecule has 3 aromatic heterocycles. The van der Waals surface area contributed by atoms with Crippen molar-refractivity contribution in [1.29, 1.82) is 0 Å². The lowest BCUT2D eigenvalue weighted by Crippen LogP contribution is -2.31. The lowest BCUT2D eigenvalue weighted by atomic mass is 10.1. The summed E-state index contributed by atoms with van der Waals surface area (Å²) in [5, 5.41) is 0. The fourth-order valence-electron chi connectivity index (χ4n) is 4.92. The molecular formula is C27H32N6O. The molecule has 1 aromatic carbocycles. The minimum absolute atomic E-state index is 0.0166. The number of pyridine rings is 1. The van der Waals surface area contributed by atoms with Crippen LogP contribution < -0.4 is 0 Å². The molecule has 1 amide bonds. The second kappa shape index (κ2) is 9.05. The van der Waals surface area contributed by atoms with Gasteiger partial charge < -0.3 is 9.47 Å². The summed E-state index contributed by atoms with van der Waals surface area (Å²) in [6.45, 7) is 9.88. The van der Waals surface area contributed by atoms with E-state index in [0.29, 0.717) is 18.9 Å². The van der Waals surface area contributed by atoms with Crippen molar-refractivity contribution in [2.45, 2.75) is 65.5 Å². The number of hydrogen-bond acceptors (Lipinski definition) is 4. The van der Waals surface area contributed by atoms with E-state index < -0.39 is 0 Å². The Morgan fingerprint density at radius 3 is 2.79 bits per heavy atom. The molecule has 176 valence electrons. The fourth-order valence-corrected chi connectivity index (χ4v) is 4.92. The van der Waals surface area contributed by atoms with Crippen molar-refractivity contribution in [2.24, 2.45) is 0 Å². The first kappa shape index (κ1) is 22.3. The molecule has 5 rings (SSSR count). The number of carbonyl (C=O) groups excluding carboxylic acids is 1. The van der Waals surface area contributed by atoms with Gasteiger partial charge in [-0.2, -0.15) is 0 Å². The van der Waals surface area contributed by atoms with Gasteiger partial charge in [0, 0.05) is 37.8 Å². The maximum Gasteiger partial charge on any atom is 0.224 e. The van der Waals surface area contributed by atoms with Gasteiger partial charge in [0.2, 0.25) is 5.91 Å². The highest BCUT2D eigenvalue weighted by molar-refractivity contribution is 5.79. The maximum atomic E-state index is 13.3. The molecule has 7 nitrogen and oxygen atoms in total. The van der Waals surface area contributed by atoms with Crippen LogP contribution in [-0.2, 0) is 11.3 Å². The van der Waals surface area contributed by atoms with Crippen LogP contribution in [0.25, 0.3) is 16.9 Å². The molecule has 1 atom stereocenters. The van der Waals surface area contributed by atoms with Crippen LogP contribution >= 0.6 is 0 Å². The van der Waals surface area contributed by atoms with E-state index in [-0.39, 0.29) is 11.9 Å². The average molecular weight is 457 g/mol. The average Bonchev–Trinajstić information content (AvgIpc) is 3.58. The van der Waals surface area contributed by atoms with Gasteiger partial charge in [0.05, 0.1) is 29.1 Å². The number of imidazole rings is 2. The van der Waals surface area contributed by atoms with Crippen molar-refractivity contribution < 1.29 is 4.79 Å². The van der Waals surface area contributed by atoms with Crippen LogP contribution in [0.1, 0.15) is 67.7 Å². The molecule has 4 heterocycles. The molecule has 1 aliphatic heterocycles. The molecule has 1 saturated heterocycles. The standard InChI is InChI=1S/C27H32N6O/c1-18(2)27-28-11-14-33(27)25-9-5-7-21(30-25)23-8-6-12-32(23)26(34)10-13-31-17-29-22-15-19(3)20(4)16-24(22)31/h5,7,9,11,14-18,23H,6,8,10,12-13H2,1-4H3/t23-/m1/s1. The van der Waals surface area contributed by atoms with Crippen LogP contribution in [0.3, 0.4) is 0 Å². The first-order chi connectivity index (χ1) is 16.4. The van der Waals surface area contributed by atoms with E-state index in [1.807, 2.05) is 46.4 Å². The van der Waals surface area contributed by atoms with Crippen LogP contribution in [0.2, 0.25) is 0 Å². The Labute approximate surface area is 200 Å². The van der Waals surface area contributed by atoms with Gasteiger partial charge in [0.1, 0.15) is 11.6 Å². The summed E-state index contributed by atoms with van der Waals surface area (Å²) in [4.78, 5) is 29.3. The van der Waals surface area contributed by atoms with Gasteiger partial charge in [-0.1, -0.05) is 19.9 Å². The predicted octanol–water partition coefficient (Wildman–Crippen LogP) is 5.11. The Hall–Kier alpha value is -3.48. The first-order valence-corrected chi connectivity index (χ1v) is 12.1. The van der Waals surface area contributed by atoms with E-state index in [2.05, 4.69) is 54.4 Å². The predicted molar refractivity (Wildman–Crippen MR) is 133 cm³/mol. The number of amides is 1. The van der Waals surface area contributed by atoms with Crippen molar-refractivity contribution in [3.8, 4) is 5.82 Å². The van der Waals surface area contributed by atoms with Gasteiger partial charge in [-0.3, -0.25) is 9.36 Å². The summed E-state index contributed by atoms with van der Waals surface area (Å²) in [7, 11) is 0. The zero-order valence-corrected chi connectivity index (χ0v) is 20.4. The summed E-state index contributed by atoms with van der Waals surface area (Å²) in [6.07, 6.45) is 8.01. The van der Waals surface area contributed by atoms with Gasteiger partial charge in [0.25, 0.3) is 0 Å². The number of benzene rings is 1. The Morgan fingerprint density at radius 1 is 1.15 bits per heavy atom. The number of aromatic nitrogens is 5. The summed E-state index contributed by atoms with van der Waals surface area (Å²) in [5.41, 5.74) is 5.50. The lowest BCUT2D eigenvalue weighted by molar-refractivity contribution is -0.132. The number of aryl methyl sites for hydroxylation is 3. The lowest BCUT2D eigenvalue weighted by Gasteiger charge is -2.25. The van der Waals surface area contributed by atoms with E-state index >= 15 is 0 Å². The minimum Gasteiger partial charge on any atom is -0.334 e. The molecule has 1 aliphatic rings. The quantitative estimate of drug-likeness (QED) is 0.404. The molecule has 0 spiro atoms. The third kappa shape index (κ3) is 4.11. The van der Waals surface area contributed by atoms with Crippen molar-refractivity contribution in [3.05, 3.63) is 71.7 Å². The summed E-state index contributed by atoms with van der Waals surface area (Å²) >= 11 is 0. The van der Waals surface area contributed by atoms with Crippen molar-refractivity contribution >= 4 is 16.9 Å². The van der Waals surface area contributed by atoms with E-state index in [0.717, 1.165) is 47.8 Å². The highest BCUT2D eigenvalue weighted by Gasteiger charge is 2.31. The van der Waals surface area contributed by atoms with Crippen LogP contribution in [0.4, 0.5) is 0 Å². The first-order valence-electron chi connectivity index (χ1n) is 12.1. The van der Waals surface area contributed by atoms with Gasteiger partial charge in [-0.15, -0.1) is 0 Å². The molecule has 34 heavy (non-hydrogen) atoms. The number of carbonyl (C=O) groups is 1. The zero-order valence-electron chi connectivity index (χ0n) is 20.4. The van der Waals surface area contributed by atoms with Crippen molar-refractivity contribution in [1.82, 2.24) is 29.0 Å². The van der Waals surface area contributed by atoms with Crippen LogP contribution in [0.5, 0.6) is 0 Å². The van der Waals surface area contributed by atoms with Crippen molar-refractivity contribution in [2.75, 3.05) is 6.54 Å². The highest BCUT2D eigenvalue weighted by atomic mass is 16.2. The van der Waals surface area contributed by atoms with Gasteiger partial charge in [-0.25, -0.2) is 15.0 Å². The Morgan fingerprint density at radius 2 is 1.97 bits per heavy atom. The molecule has 0 saturated carbocycles. The van der Waals surface area contributed by atoms with Crippen molar-refractivity contribution in [3.63, 3.8) is 0 Å². The van der Waals surface area contributed by atoms with E-state index in [1.54, 1.807) is 0 Å². The Balaban J connectivity index is 1.33. The zero-order chi connectivity index (χ0) is 23.8. The summed E-state index contributed by atoms with van der Waals surface area (Å²) in [6, 6.07) is 10.4. The molecule has 0 aliphatic carbocycles. The van der Waals surface area contributed by atoms with E-state index in [9.17, 15) is 4.79 Å². The molecule has 0 bridgehead atoms. The third-order valence-corrected chi connectivity index (χ3v) is 6.91. The molecule has 7 heteroatoms. The molecule has 4 aromatic rings. The highest BCUT2D eigenvalue weighted by Crippen LogP contribution is 2.32. The third-order valence-electron chi connectivity index (χ3n) is 6.91. The smallest absolute Gasteiger partial charge is 0.224 e. The molecule has 0 N–H and O–H groups in total. The number of hydrogen-bond donors (Lipinski definition) is 0. The van der Waals surface area contributed by atoms with Crippen LogP contribution in [0.15, 0.2) is 49.1 Å². The van der Waals surface area contributed by atoms with Crippen LogP contribution in [-0.4, -0.2) is 41.4 Å². The number of nitrogens with zero attached hydrogens (tertiary/aromatic N) is 6. The SMILES string of the molecule is Cc1cc2ncn(CCC(=O)N3CCC[C@@H]3c3cccc(-n4ccnc4C(C)C)n3)c2cc1C. The normalized spacial score (nSPS) is 16.1. The Bertz CT molecular complexity index is 1330. The minimum atomic E-state index is 0.0166. The van der Waals surface area contributed by atoms with Gasteiger partial charge in [-0.05, 0) is 62.1 Å². The molecule has 0 radical (unpaired) electrons. The second-order valence-corrected chi connectivity index (χ2v) is 9.59. The number of likely N-dealkylation sites (tertiary alicyclic amines) is 1. The van der Waals surface area contributed by atoms with Gasteiger partial charge in [0.15, 0.2) is 0 Å².